The fraction of sp³-hybridized carbons (Fsp3) is 0.697. The highest BCUT2D eigenvalue weighted by Crippen LogP contribution is 2.26. The molecule has 0 fully saturated rings. The summed E-state index contributed by atoms with van der Waals surface area (Å²) >= 11 is 0. The highest BCUT2D eigenvalue weighted by atomic mass is 16.6. The molecule has 4 aromatic rings. The standard InChI is InChI=1S/2C33H54O11.H2O/c2*1-30(2)43-28-26-41-24-22-39-20-18-37-16-14-35-12-10-34-11-13-36-15-17-38-19-21-40-23-25-42-27-29-44-33-9-5-7-31-6-3-4-8-32(31)33;/h2*3-9,30H,10-29H2,1-2H3;1H2. The molecule has 0 unspecified atom stereocenters. The molecule has 0 aliphatic carbocycles. The first kappa shape index (κ1) is 81.3. The van der Waals surface area contributed by atoms with Gasteiger partial charge in [-0.15, -0.1) is 0 Å². The Balaban J connectivity index is 0.000000600. The first-order valence-corrected chi connectivity index (χ1v) is 31.4. The molecule has 23 heteroatoms. The van der Waals surface area contributed by atoms with Gasteiger partial charge in [-0.25, -0.2) is 0 Å². The minimum atomic E-state index is 0. The summed E-state index contributed by atoms with van der Waals surface area (Å²) < 4.78 is 121. The third-order valence-electron chi connectivity index (χ3n) is 11.8. The number of ether oxygens (including phenoxy) is 22. The normalized spacial score (nSPS) is 11.5. The largest absolute Gasteiger partial charge is 0.491 e. The van der Waals surface area contributed by atoms with Gasteiger partial charge >= 0.3 is 0 Å². The Morgan fingerprint density at radius 1 is 0.202 bits per heavy atom. The zero-order valence-electron chi connectivity index (χ0n) is 54.0. The summed E-state index contributed by atoms with van der Waals surface area (Å²) in [5, 5.41) is 4.55. The molecule has 4 aromatic carbocycles. The van der Waals surface area contributed by atoms with Crippen LogP contribution < -0.4 is 9.47 Å². The molecule has 4 rings (SSSR count). The first-order valence-electron chi connectivity index (χ1n) is 31.4. The van der Waals surface area contributed by atoms with E-state index in [0.29, 0.717) is 264 Å². The third-order valence-corrected chi connectivity index (χ3v) is 11.8. The molecule has 0 aromatic heterocycles. The van der Waals surface area contributed by atoms with Crippen LogP contribution in [0.1, 0.15) is 27.7 Å². The van der Waals surface area contributed by atoms with Gasteiger partial charge in [-0.1, -0.05) is 72.8 Å². The van der Waals surface area contributed by atoms with E-state index in [2.05, 4.69) is 36.4 Å². The van der Waals surface area contributed by atoms with Crippen LogP contribution in [0.5, 0.6) is 11.5 Å². The summed E-state index contributed by atoms with van der Waals surface area (Å²) in [4.78, 5) is 0. The Labute approximate surface area is 530 Å². The van der Waals surface area contributed by atoms with Crippen LogP contribution >= 0.6 is 0 Å². The average Bonchev–Trinajstić information content (AvgIpc) is 3.19. The van der Waals surface area contributed by atoms with Gasteiger partial charge in [-0.2, -0.15) is 0 Å². The molecule has 0 saturated carbocycles. The van der Waals surface area contributed by atoms with E-state index in [9.17, 15) is 0 Å². The van der Waals surface area contributed by atoms with Crippen LogP contribution in [-0.4, -0.2) is 282 Å². The Kier molecular flexibility index (Phi) is 57.5. The van der Waals surface area contributed by atoms with E-state index >= 15 is 0 Å². The summed E-state index contributed by atoms with van der Waals surface area (Å²) in [6.07, 6.45) is 0.464. The number of fused-ring (bicyclic) bond motifs is 2. The van der Waals surface area contributed by atoms with Crippen LogP contribution in [0.2, 0.25) is 0 Å². The summed E-state index contributed by atoms with van der Waals surface area (Å²) in [6, 6.07) is 28.4. The fourth-order valence-corrected chi connectivity index (χ4v) is 7.47. The van der Waals surface area contributed by atoms with Gasteiger partial charge in [0.25, 0.3) is 0 Å². The van der Waals surface area contributed by atoms with E-state index in [1.807, 2.05) is 76.2 Å². The Bertz CT molecular complexity index is 1930. The minimum Gasteiger partial charge on any atom is -0.491 e. The van der Waals surface area contributed by atoms with Gasteiger partial charge in [0.05, 0.1) is 263 Å². The molecular formula is C66H110O23. The fourth-order valence-electron chi connectivity index (χ4n) is 7.47. The molecule has 0 aliphatic rings. The number of rotatable bonds is 64. The van der Waals surface area contributed by atoms with Crippen molar-refractivity contribution in [2.24, 2.45) is 0 Å². The van der Waals surface area contributed by atoms with Gasteiger partial charge in [0.15, 0.2) is 0 Å². The van der Waals surface area contributed by atoms with Crippen molar-refractivity contribution < 1.29 is 110 Å². The lowest BCUT2D eigenvalue weighted by Gasteiger charge is -2.10. The summed E-state index contributed by atoms with van der Waals surface area (Å²) in [6.45, 7) is 29.2. The second kappa shape index (κ2) is 62.9. The van der Waals surface area contributed by atoms with Crippen LogP contribution in [0.15, 0.2) is 84.9 Å². The van der Waals surface area contributed by atoms with Gasteiger partial charge < -0.3 is 110 Å². The Morgan fingerprint density at radius 3 is 0.573 bits per heavy atom. The molecule has 512 valence electrons. The predicted molar refractivity (Wildman–Crippen MR) is 339 cm³/mol. The highest BCUT2D eigenvalue weighted by molar-refractivity contribution is 5.88. The van der Waals surface area contributed by atoms with Crippen molar-refractivity contribution >= 4 is 21.5 Å². The third kappa shape index (κ3) is 50.4. The molecule has 0 spiro atoms. The van der Waals surface area contributed by atoms with Crippen molar-refractivity contribution in [1.82, 2.24) is 0 Å². The van der Waals surface area contributed by atoms with Gasteiger partial charge in [0, 0.05) is 10.8 Å². The average molecular weight is 1270 g/mol. The van der Waals surface area contributed by atoms with E-state index in [1.165, 1.54) is 0 Å². The summed E-state index contributed by atoms with van der Waals surface area (Å²) in [5.41, 5.74) is 0. The Morgan fingerprint density at radius 2 is 0.371 bits per heavy atom. The van der Waals surface area contributed by atoms with Gasteiger partial charge in [-0.3, -0.25) is 0 Å². The van der Waals surface area contributed by atoms with Gasteiger partial charge in [-0.05, 0) is 50.6 Å². The minimum absolute atomic E-state index is 0. The van der Waals surface area contributed by atoms with Crippen molar-refractivity contribution in [2.45, 2.75) is 39.9 Å². The van der Waals surface area contributed by atoms with Crippen LogP contribution in [0.25, 0.3) is 21.5 Å². The zero-order chi connectivity index (χ0) is 62.4. The molecule has 0 saturated heterocycles. The van der Waals surface area contributed by atoms with E-state index in [4.69, 9.17) is 104 Å². The molecule has 2 N–H and O–H groups in total. The van der Waals surface area contributed by atoms with Gasteiger partial charge in [0.2, 0.25) is 0 Å². The van der Waals surface area contributed by atoms with E-state index < -0.39 is 0 Å². The van der Waals surface area contributed by atoms with Crippen LogP contribution in [0.3, 0.4) is 0 Å². The molecule has 0 aliphatic heterocycles. The molecule has 0 radical (unpaired) electrons. The molecule has 23 nitrogen and oxygen atoms in total. The van der Waals surface area contributed by atoms with Crippen molar-refractivity contribution in [3.8, 4) is 11.5 Å². The van der Waals surface area contributed by atoms with Crippen LogP contribution in [0, 0.1) is 0 Å². The maximum atomic E-state index is 5.86. The Hall–Kier alpha value is -3.84. The lowest BCUT2D eigenvalue weighted by Crippen LogP contribution is -2.15. The lowest BCUT2D eigenvalue weighted by molar-refractivity contribution is -0.0281. The highest BCUT2D eigenvalue weighted by Gasteiger charge is 2.05. The SMILES string of the molecule is CC(C)OCCOCCOCCOCCOCCOCCOCCOCCOCCOCCOc1cccc2ccccc12.CC(C)OCCOCCOCCOCCOCCOCCOCCOCCOCCOCCOc1cccc2ccccc12.O. The molecule has 0 amide bonds. The topological polar surface area (TPSA) is 235 Å². The molecule has 0 heterocycles. The quantitative estimate of drug-likeness (QED) is 0.0415. The van der Waals surface area contributed by atoms with Crippen molar-refractivity contribution in [3.63, 3.8) is 0 Å². The van der Waals surface area contributed by atoms with Crippen LogP contribution in [-0.2, 0) is 94.7 Å². The van der Waals surface area contributed by atoms with Crippen molar-refractivity contribution in [2.75, 3.05) is 264 Å². The monoisotopic (exact) mass is 1270 g/mol. The van der Waals surface area contributed by atoms with E-state index in [-0.39, 0.29) is 17.7 Å². The lowest BCUT2D eigenvalue weighted by atomic mass is 10.1. The van der Waals surface area contributed by atoms with Crippen molar-refractivity contribution in [1.29, 1.82) is 0 Å². The maximum absolute atomic E-state index is 5.86. The first-order chi connectivity index (χ1) is 43.5. The number of benzene rings is 4. The zero-order valence-corrected chi connectivity index (χ0v) is 54.0. The smallest absolute Gasteiger partial charge is 0.127 e. The molecular weight excluding hydrogens is 1160 g/mol. The van der Waals surface area contributed by atoms with E-state index in [1.54, 1.807) is 0 Å². The predicted octanol–water partition coefficient (Wildman–Crippen LogP) is 6.76. The second-order valence-corrected chi connectivity index (χ2v) is 19.5. The van der Waals surface area contributed by atoms with Crippen LogP contribution in [0.4, 0.5) is 0 Å². The molecule has 89 heavy (non-hydrogen) atoms. The van der Waals surface area contributed by atoms with E-state index in [0.717, 1.165) is 33.0 Å². The maximum Gasteiger partial charge on any atom is 0.127 e. The second-order valence-electron chi connectivity index (χ2n) is 19.5. The van der Waals surface area contributed by atoms with Crippen molar-refractivity contribution in [3.05, 3.63) is 84.9 Å². The number of hydrogen-bond donors (Lipinski definition) is 0. The molecule has 0 bridgehead atoms. The summed E-state index contributed by atoms with van der Waals surface area (Å²) in [7, 11) is 0. The summed E-state index contributed by atoms with van der Waals surface area (Å²) in [5.74, 6) is 1.75. The number of hydrogen-bond acceptors (Lipinski definition) is 22. The molecule has 0 atom stereocenters. The van der Waals surface area contributed by atoms with Gasteiger partial charge in [0.1, 0.15) is 24.7 Å².